The fraction of sp³-hybridized carbons (Fsp3) is 0.333. The van der Waals surface area contributed by atoms with Crippen LogP contribution in [0.2, 0.25) is 0 Å². The molecule has 6 nitrogen and oxygen atoms in total. The molecule has 1 aromatic heterocycles. The van der Waals surface area contributed by atoms with E-state index in [4.69, 9.17) is 4.74 Å². The van der Waals surface area contributed by atoms with E-state index in [1.54, 1.807) is 18.2 Å². The highest BCUT2D eigenvalue weighted by Gasteiger charge is 2.36. The predicted octanol–water partition coefficient (Wildman–Crippen LogP) is 5.58. The lowest BCUT2D eigenvalue weighted by molar-refractivity contribution is -0.118. The molecule has 8 heteroatoms. The molecule has 0 unspecified atom stereocenters. The van der Waals surface area contributed by atoms with Crippen molar-refractivity contribution in [2.24, 2.45) is 0 Å². The van der Waals surface area contributed by atoms with Gasteiger partial charge in [-0.2, -0.15) is 4.98 Å². The van der Waals surface area contributed by atoms with Gasteiger partial charge in [0.2, 0.25) is 23.2 Å². The normalized spacial score (nSPS) is 14.9. The van der Waals surface area contributed by atoms with Crippen LogP contribution < -0.4 is 9.64 Å². The maximum Gasteiger partial charge on any atom is 0.247 e. The number of amides is 1. The SMILES string of the molecule is CCCCSc1nnc2c(n1)O[C@@H](c1ccccc1F)N(C(C)=O)c1ccc(CC)cc1-2. The molecule has 2 aromatic carbocycles. The molecule has 0 N–H and O–H groups in total. The van der Waals surface area contributed by atoms with Crippen LogP contribution in [0.4, 0.5) is 10.1 Å². The Morgan fingerprint density at radius 3 is 2.72 bits per heavy atom. The van der Waals surface area contributed by atoms with Gasteiger partial charge < -0.3 is 4.74 Å². The summed E-state index contributed by atoms with van der Waals surface area (Å²) < 4.78 is 21.1. The van der Waals surface area contributed by atoms with Crippen molar-refractivity contribution in [3.05, 3.63) is 59.4 Å². The van der Waals surface area contributed by atoms with E-state index in [1.807, 2.05) is 18.2 Å². The Bertz CT molecular complexity index is 1140. The minimum absolute atomic E-state index is 0.241. The molecule has 3 aromatic rings. The first-order valence-corrected chi connectivity index (χ1v) is 11.7. The Labute approximate surface area is 191 Å². The van der Waals surface area contributed by atoms with Gasteiger partial charge in [0, 0.05) is 23.8 Å². The van der Waals surface area contributed by atoms with Crippen LogP contribution in [0.1, 0.15) is 51.0 Å². The van der Waals surface area contributed by atoms with Crippen molar-refractivity contribution in [3.63, 3.8) is 0 Å². The van der Waals surface area contributed by atoms with Gasteiger partial charge in [-0.1, -0.05) is 56.3 Å². The van der Waals surface area contributed by atoms with Crippen molar-refractivity contribution in [1.29, 1.82) is 0 Å². The van der Waals surface area contributed by atoms with Crippen molar-refractivity contribution >= 4 is 23.4 Å². The lowest BCUT2D eigenvalue weighted by Crippen LogP contribution is -2.36. The zero-order chi connectivity index (χ0) is 22.7. The molecule has 1 aliphatic heterocycles. The van der Waals surface area contributed by atoms with E-state index in [9.17, 15) is 9.18 Å². The van der Waals surface area contributed by atoms with Crippen molar-refractivity contribution in [3.8, 4) is 17.1 Å². The molecule has 0 bridgehead atoms. The molecular formula is C24H25FN4O2S. The van der Waals surface area contributed by atoms with Crippen LogP contribution in [-0.4, -0.2) is 26.8 Å². The van der Waals surface area contributed by atoms with Crippen LogP contribution in [0, 0.1) is 5.82 Å². The summed E-state index contributed by atoms with van der Waals surface area (Å²) in [4.78, 5) is 18.9. The second kappa shape index (κ2) is 9.65. The fourth-order valence-electron chi connectivity index (χ4n) is 3.62. The molecule has 1 aliphatic rings. The molecule has 0 spiro atoms. The zero-order valence-electron chi connectivity index (χ0n) is 18.3. The molecule has 0 aliphatic carbocycles. The number of halogens is 1. The van der Waals surface area contributed by atoms with Gasteiger partial charge in [0.05, 0.1) is 5.69 Å². The standard InChI is InChI=1S/C24H25FN4O2S/c1-4-6-13-32-24-26-22-21(27-28-24)18-14-16(5-2)11-12-20(18)29(15(3)30)23(31-22)17-9-7-8-10-19(17)25/h7-12,14,23H,4-6,13H2,1-3H3/t23-/m0/s1. The first-order chi connectivity index (χ1) is 15.5. The van der Waals surface area contributed by atoms with E-state index in [1.165, 1.54) is 29.7 Å². The number of ether oxygens (including phenoxy) is 1. The van der Waals surface area contributed by atoms with Crippen molar-refractivity contribution in [1.82, 2.24) is 15.2 Å². The second-order valence-electron chi connectivity index (χ2n) is 7.54. The molecule has 2 heterocycles. The van der Waals surface area contributed by atoms with Gasteiger partial charge in [0.15, 0.2) is 5.69 Å². The molecular weight excluding hydrogens is 427 g/mol. The van der Waals surface area contributed by atoms with Crippen LogP contribution in [0.25, 0.3) is 11.3 Å². The topological polar surface area (TPSA) is 68.2 Å². The number of aromatic nitrogens is 3. The van der Waals surface area contributed by atoms with Crippen LogP contribution in [0.5, 0.6) is 5.88 Å². The van der Waals surface area contributed by atoms with Crippen LogP contribution in [0.3, 0.4) is 0 Å². The van der Waals surface area contributed by atoms with Crippen LogP contribution in [0.15, 0.2) is 47.6 Å². The van der Waals surface area contributed by atoms with Gasteiger partial charge in [0.25, 0.3) is 0 Å². The molecule has 4 rings (SSSR count). The summed E-state index contributed by atoms with van der Waals surface area (Å²) in [5.74, 6) is 0.371. The number of hydrogen-bond donors (Lipinski definition) is 0. The van der Waals surface area contributed by atoms with Gasteiger partial charge in [-0.05, 0) is 36.6 Å². The summed E-state index contributed by atoms with van der Waals surface area (Å²) >= 11 is 1.50. The first-order valence-electron chi connectivity index (χ1n) is 10.7. The minimum Gasteiger partial charge on any atom is -0.447 e. The molecule has 0 saturated carbocycles. The van der Waals surface area contributed by atoms with E-state index in [2.05, 4.69) is 29.0 Å². The van der Waals surface area contributed by atoms with E-state index in [-0.39, 0.29) is 17.4 Å². The number of hydrogen-bond acceptors (Lipinski definition) is 6. The van der Waals surface area contributed by atoms with Crippen molar-refractivity contribution in [2.45, 2.75) is 51.4 Å². The molecule has 32 heavy (non-hydrogen) atoms. The monoisotopic (exact) mass is 452 g/mol. The second-order valence-corrected chi connectivity index (χ2v) is 8.60. The quantitative estimate of drug-likeness (QED) is 0.359. The average Bonchev–Trinajstić information content (AvgIpc) is 2.93. The van der Waals surface area contributed by atoms with Crippen LogP contribution in [-0.2, 0) is 11.2 Å². The molecule has 0 saturated heterocycles. The number of unbranched alkanes of at least 4 members (excludes halogenated alkanes) is 1. The zero-order valence-corrected chi connectivity index (χ0v) is 19.2. The van der Waals surface area contributed by atoms with E-state index < -0.39 is 12.0 Å². The maximum atomic E-state index is 14.8. The third kappa shape index (κ3) is 4.32. The van der Waals surface area contributed by atoms with Crippen molar-refractivity contribution < 1.29 is 13.9 Å². The van der Waals surface area contributed by atoms with Gasteiger partial charge in [-0.3, -0.25) is 9.69 Å². The third-order valence-electron chi connectivity index (χ3n) is 5.32. The molecule has 1 atom stereocenters. The highest BCUT2D eigenvalue weighted by Crippen LogP contribution is 2.44. The molecule has 1 amide bonds. The van der Waals surface area contributed by atoms with Gasteiger partial charge in [0.1, 0.15) is 5.82 Å². The summed E-state index contributed by atoms with van der Waals surface area (Å²) in [7, 11) is 0. The van der Waals surface area contributed by atoms with Crippen molar-refractivity contribution in [2.75, 3.05) is 10.7 Å². The Morgan fingerprint density at radius 2 is 2.00 bits per heavy atom. The third-order valence-corrected chi connectivity index (χ3v) is 6.24. The van der Waals surface area contributed by atoms with Gasteiger partial charge in [-0.25, -0.2) is 4.39 Å². The van der Waals surface area contributed by atoms with E-state index in [0.29, 0.717) is 22.1 Å². The summed E-state index contributed by atoms with van der Waals surface area (Å²) in [5.41, 5.74) is 3.05. The Balaban J connectivity index is 1.91. The number of thioether (sulfide) groups is 1. The molecule has 0 radical (unpaired) electrons. The number of carbonyl (C=O) groups excluding carboxylic acids is 1. The number of carbonyl (C=O) groups is 1. The highest BCUT2D eigenvalue weighted by atomic mass is 32.2. The predicted molar refractivity (Wildman–Crippen MR) is 123 cm³/mol. The van der Waals surface area contributed by atoms with Gasteiger partial charge >= 0.3 is 0 Å². The number of benzene rings is 2. The number of anilines is 1. The first kappa shape index (κ1) is 22.2. The van der Waals surface area contributed by atoms with Gasteiger partial charge in [-0.15, -0.1) is 10.2 Å². The summed E-state index contributed by atoms with van der Waals surface area (Å²) in [6, 6.07) is 12.1. The number of nitrogens with zero attached hydrogens (tertiary/aromatic N) is 4. The Kier molecular flexibility index (Phi) is 6.69. The lowest BCUT2D eigenvalue weighted by Gasteiger charge is -2.30. The van der Waals surface area contributed by atoms with E-state index in [0.717, 1.165) is 30.6 Å². The Morgan fingerprint density at radius 1 is 1.19 bits per heavy atom. The lowest BCUT2D eigenvalue weighted by atomic mass is 10.0. The summed E-state index contributed by atoms with van der Waals surface area (Å²) in [6.45, 7) is 5.62. The fourth-order valence-corrected chi connectivity index (χ4v) is 4.48. The smallest absolute Gasteiger partial charge is 0.247 e. The number of rotatable bonds is 6. The highest BCUT2D eigenvalue weighted by molar-refractivity contribution is 7.99. The average molecular weight is 453 g/mol. The van der Waals surface area contributed by atoms with E-state index >= 15 is 0 Å². The minimum atomic E-state index is -1.02. The maximum absolute atomic E-state index is 14.8. The van der Waals surface area contributed by atoms with Crippen LogP contribution >= 0.6 is 11.8 Å². The molecule has 166 valence electrons. The summed E-state index contributed by atoms with van der Waals surface area (Å²) in [5, 5.41) is 9.21. The number of aryl methyl sites for hydroxylation is 1. The molecule has 0 fully saturated rings. The largest absolute Gasteiger partial charge is 0.447 e. The summed E-state index contributed by atoms with van der Waals surface area (Å²) in [6.07, 6.45) is 1.89. The Hall–Kier alpha value is -3.00. The number of fused-ring (bicyclic) bond motifs is 3.